The SMILES string of the molecule is CNc1ncc(-c2ccc3c(CCN(C)C4CCS(=O)(=O)CC4)cn(-c4cn(C)cn4)c3n2)cc1F. The van der Waals surface area contributed by atoms with Crippen LogP contribution in [0.3, 0.4) is 0 Å². The number of aryl methyl sites for hydroxylation is 1. The molecule has 0 saturated carbocycles. The maximum Gasteiger partial charge on any atom is 0.166 e. The van der Waals surface area contributed by atoms with Crippen molar-refractivity contribution in [2.24, 2.45) is 7.05 Å². The van der Waals surface area contributed by atoms with Gasteiger partial charge in [-0.2, -0.15) is 0 Å². The Morgan fingerprint density at radius 3 is 2.64 bits per heavy atom. The van der Waals surface area contributed by atoms with Gasteiger partial charge in [0.05, 0.1) is 23.5 Å². The molecule has 1 aliphatic heterocycles. The number of imidazole rings is 1. The average Bonchev–Trinajstić information content (AvgIpc) is 3.45. The first-order valence-electron chi connectivity index (χ1n) is 12.0. The van der Waals surface area contributed by atoms with Gasteiger partial charge in [-0.3, -0.25) is 4.57 Å². The van der Waals surface area contributed by atoms with Gasteiger partial charge in [0.2, 0.25) is 0 Å². The van der Waals surface area contributed by atoms with Crippen molar-refractivity contribution in [3.05, 3.63) is 54.5 Å². The largest absolute Gasteiger partial charge is 0.371 e. The van der Waals surface area contributed by atoms with E-state index in [0.29, 0.717) is 24.1 Å². The van der Waals surface area contributed by atoms with Gasteiger partial charge in [0.15, 0.2) is 17.5 Å². The summed E-state index contributed by atoms with van der Waals surface area (Å²) in [4.78, 5) is 15.8. The minimum absolute atomic E-state index is 0.193. The third kappa shape index (κ3) is 4.85. The summed E-state index contributed by atoms with van der Waals surface area (Å²) in [5.41, 5.74) is 3.08. The number of pyridine rings is 2. The lowest BCUT2D eigenvalue weighted by Crippen LogP contribution is -2.39. The van der Waals surface area contributed by atoms with E-state index in [4.69, 9.17) is 4.98 Å². The van der Waals surface area contributed by atoms with Crippen LogP contribution in [0.15, 0.2) is 43.1 Å². The van der Waals surface area contributed by atoms with Gasteiger partial charge in [0.25, 0.3) is 0 Å². The monoisotopic (exact) mass is 511 g/mol. The molecule has 1 fully saturated rings. The zero-order valence-corrected chi connectivity index (χ0v) is 21.5. The van der Waals surface area contributed by atoms with Gasteiger partial charge in [-0.25, -0.2) is 27.8 Å². The molecule has 9 nitrogen and oxygen atoms in total. The highest BCUT2D eigenvalue weighted by atomic mass is 32.2. The molecule has 5 rings (SSSR count). The van der Waals surface area contributed by atoms with Gasteiger partial charge < -0.3 is 14.8 Å². The van der Waals surface area contributed by atoms with E-state index in [1.54, 1.807) is 19.6 Å². The zero-order valence-electron chi connectivity index (χ0n) is 20.6. The molecule has 1 saturated heterocycles. The van der Waals surface area contributed by atoms with Crippen molar-refractivity contribution in [2.45, 2.75) is 25.3 Å². The fourth-order valence-corrected chi connectivity index (χ4v) is 6.25. The minimum atomic E-state index is -2.88. The molecule has 0 atom stereocenters. The molecule has 0 bridgehead atoms. The van der Waals surface area contributed by atoms with Crippen LogP contribution in [0.4, 0.5) is 10.2 Å². The second-order valence-corrected chi connectivity index (χ2v) is 11.7. The number of sulfone groups is 1. The molecule has 0 spiro atoms. The number of nitrogens with zero attached hydrogens (tertiary/aromatic N) is 6. The number of aromatic nitrogens is 5. The van der Waals surface area contributed by atoms with Crippen molar-refractivity contribution in [2.75, 3.05) is 37.5 Å². The number of fused-ring (bicyclic) bond motifs is 1. The number of rotatable bonds is 7. The Hall–Kier alpha value is -3.31. The topological polar surface area (TPSA) is 97.9 Å². The van der Waals surface area contributed by atoms with Gasteiger partial charge in [0, 0.05) is 56.2 Å². The fourth-order valence-electron chi connectivity index (χ4n) is 4.79. The Balaban J connectivity index is 1.46. The number of likely N-dealkylation sites (N-methyl/N-ethyl adjacent to an activating group) is 1. The molecule has 190 valence electrons. The highest BCUT2D eigenvalue weighted by Gasteiger charge is 2.26. The normalized spacial score (nSPS) is 16.1. The molecule has 4 aromatic heterocycles. The first-order chi connectivity index (χ1) is 17.2. The summed E-state index contributed by atoms with van der Waals surface area (Å²) in [7, 11) is 2.72. The fraction of sp³-hybridized carbons (Fsp3) is 0.400. The molecule has 1 N–H and O–H groups in total. The lowest BCUT2D eigenvalue weighted by Gasteiger charge is -2.31. The van der Waals surface area contributed by atoms with E-state index in [1.165, 1.54) is 6.07 Å². The summed E-state index contributed by atoms with van der Waals surface area (Å²) in [5, 5.41) is 3.74. The van der Waals surface area contributed by atoms with E-state index in [0.717, 1.165) is 35.4 Å². The van der Waals surface area contributed by atoms with Crippen LogP contribution in [0.25, 0.3) is 28.1 Å². The van der Waals surface area contributed by atoms with Crippen molar-refractivity contribution in [1.82, 2.24) is 29.0 Å². The van der Waals surface area contributed by atoms with E-state index in [-0.39, 0.29) is 23.4 Å². The van der Waals surface area contributed by atoms with Crippen LogP contribution in [-0.2, 0) is 23.3 Å². The molecular formula is C25H30FN7O2S. The summed E-state index contributed by atoms with van der Waals surface area (Å²) >= 11 is 0. The van der Waals surface area contributed by atoms with Gasteiger partial charge in [-0.1, -0.05) is 0 Å². The highest BCUT2D eigenvalue weighted by molar-refractivity contribution is 7.91. The van der Waals surface area contributed by atoms with Gasteiger partial charge in [-0.05, 0) is 50.1 Å². The maximum atomic E-state index is 14.4. The Kier molecular flexibility index (Phi) is 6.52. The van der Waals surface area contributed by atoms with Gasteiger partial charge in [-0.15, -0.1) is 0 Å². The molecule has 0 aliphatic carbocycles. The van der Waals surface area contributed by atoms with Crippen LogP contribution in [0, 0.1) is 5.82 Å². The van der Waals surface area contributed by atoms with Crippen molar-refractivity contribution >= 4 is 26.7 Å². The van der Waals surface area contributed by atoms with Crippen LogP contribution >= 0.6 is 0 Å². The van der Waals surface area contributed by atoms with Crippen LogP contribution in [-0.4, -0.2) is 75.6 Å². The smallest absolute Gasteiger partial charge is 0.166 e. The summed E-state index contributed by atoms with van der Waals surface area (Å²) in [6, 6.07) is 5.61. The zero-order chi connectivity index (χ0) is 25.4. The third-order valence-corrected chi connectivity index (χ3v) is 8.64. The molecule has 4 aromatic rings. The van der Waals surface area contributed by atoms with E-state index in [1.807, 2.05) is 34.5 Å². The molecule has 0 radical (unpaired) electrons. The standard InChI is InChI=1S/C25H30FN7O2S/c1-27-24-21(26)12-18(13-28-24)22-5-4-20-17(6-9-32(3)19-7-10-36(34,35)11-8-19)14-33(25(20)30-22)23-15-31(2)16-29-23/h4-5,12-16,19H,6-11H2,1-3H3,(H,27,28). The molecule has 36 heavy (non-hydrogen) atoms. The van der Waals surface area contributed by atoms with E-state index in [2.05, 4.69) is 33.4 Å². The molecule has 11 heteroatoms. The molecule has 5 heterocycles. The Morgan fingerprint density at radius 2 is 1.97 bits per heavy atom. The van der Waals surface area contributed by atoms with Crippen molar-refractivity contribution in [3.8, 4) is 17.1 Å². The Labute approximate surface area is 209 Å². The third-order valence-electron chi connectivity index (χ3n) is 6.93. The van der Waals surface area contributed by atoms with Crippen LogP contribution in [0.2, 0.25) is 0 Å². The number of halogens is 1. The van der Waals surface area contributed by atoms with Crippen LogP contribution < -0.4 is 5.32 Å². The summed E-state index contributed by atoms with van der Waals surface area (Å²) in [5.74, 6) is 1.03. The minimum Gasteiger partial charge on any atom is -0.371 e. The number of anilines is 1. The maximum absolute atomic E-state index is 14.4. The van der Waals surface area contributed by atoms with Crippen molar-refractivity contribution < 1.29 is 12.8 Å². The van der Waals surface area contributed by atoms with Gasteiger partial charge in [0.1, 0.15) is 15.5 Å². The summed E-state index contributed by atoms with van der Waals surface area (Å²) in [6.07, 6.45) is 9.47. The Bertz CT molecular complexity index is 1500. The average molecular weight is 512 g/mol. The molecule has 0 unspecified atom stereocenters. The summed E-state index contributed by atoms with van der Waals surface area (Å²) in [6.45, 7) is 0.800. The second-order valence-electron chi connectivity index (χ2n) is 9.41. The van der Waals surface area contributed by atoms with Crippen LogP contribution in [0.5, 0.6) is 0 Å². The van der Waals surface area contributed by atoms with Crippen molar-refractivity contribution in [1.29, 1.82) is 0 Å². The lowest BCUT2D eigenvalue weighted by molar-refractivity contribution is 0.229. The van der Waals surface area contributed by atoms with E-state index >= 15 is 0 Å². The summed E-state index contributed by atoms with van der Waals surface area (Å²) < 4.78 is 41.8. The number of nitrogens with one attached hydrogen (secondary N) is 1. The Morgan fingerprint density at radius 1 is 1.19 bits per heavy atom. The second kappa shape index (κ2) is 9.62. The quantitative estimate of drug-likeness (QED) is 0.407. The van der Waals surface area contributed by atoms with Crippen molar-refractivity contribution in [3.63, 3.8) is 0 Å². The number of hydrogen-bond donors (Lipinski definition) is 1. The first-order valence-corrected chi connectivity index (χ1v) is 13.8. The molecule has 1 aliphatic rings. The predicted molar refractivity (Wildman–Crippen MR) is 139 cm³/mol. The van der Waals surface area contributed by atoms with Gasteiger partial charge >= 0.3 is 0 Å². The highest BCUT2D eigenvalue weighted by Crippen LogP contribution is 2.28. The van der Waals surface area contributed by atoms with E-state index in [9.17, 15) is 12.8 Å². The first kappa shape index (κ1) is 24.4. The molecule has 0 aromatic carbocycles. The predicted octanol–water partition coefficient (Wildman–Crippen LogP) is 3.05. The molecule has 0 amide bonds. The molecular weight excluding hydrogens is 481 g/mol. The van der Waals surface area contributed by atoms with E-state index < -0.39 is 15.7 Å². The van der Waals surface area contributed by atoms with Crippen LogP contribution in [0.1, 0.15) is 18.4 Å². The lowest BCUT2D eigenvalue weighted by atomic mass is 10.1. The number of hydrogen-bond acceptors (Lipinski definition) is 7.